The monoisotopic (exact) mass is 222 g/mol. The van der Waals surface area contributed by atoms with Crippen molar-refractivity contribution in [1.29, 1.82) is 0 Å². The van der Waals surface area contributed by atoms with Gasteiger partial charge < -0.3 is 9.47 Å². The molecule has 0 aliphatic carbocycles. The third kappa shape index (κ3) is 3.66. The van der Waals surface area contributed by atoms with Gasteiger partial charge in [-0.1, -0.05) is 17.7 Å². The molecule has 0 N–H and O–H groups in total. The van der Waals surface area contributed by atoms with Gasteiger partial charge in [0.15, 0.2) is 5.78 Å². The van der Waals surface area contributed by atoms with E-state index >= 15 is 0 Å². The van der Waals surface area contributed by atoms with E-state index in [0.29, 0.717) is 13.0 Å². The van der Waals surface area contributed by atoms with Crippen LogP contribution in [0.15, 0.2) is 18.2 Å². The molecule has 0 bridgehead atoms. The van der Waals surface area contributed by atoms with Crippen molar-refractivity contribution < 1.29 is 14.3 Å². The van der Waals surface area contributed by atoms with Gasteiger partial charge in [-0.15, -0.1) is 0 Å². The van der Waals surface area contributed by atoms with Gasteiger partial charge in [0, 0.05) is 18.6 Å². The van der Waals surface area contributed by atoms with Crippen molar-refractivity contribution >= 4 is 5.78 Å². The number of hydrogen-bond acceptors (Lipinski definition) is 3. The Hall–Kier alpha value is -1.35. The quantitative estimate of drug-likeness (QED) is 0.739. The molecular formula is C13H18O3. The van der Waals surface area contributed by atoms with E-state index in [1.807, 2.05) is 32.0 Å². The smallest absolute Gasteiger partial charge is 0.162 e. The molecule has 0 amide bonds. The van der Waals surface area contributed by atoms with Gasteiger partial charge in [0.2, 0.25) is 0 Å². The number of methoxy groups -OCH3 is 1. The van der Waals surface area contributed by atoms with Crippen LogP contribution < -0.4 is 4.74 Å². The highest BCUT2D eigenvalue weighted by Gasteiger charge is 2.08. The minimum absolute atomic E-state index is 0.0748. The van der Waals surface area contributed by atoms with E-state index in [0.717, 1.165) is 16.9 Å². The van der Waals surface area contributed by atoms with Crippen molar-refractivity contribution in [3.63, 3.8) is 0 Å². The van der Waals surface area contributed by atoms with E-state index in [9.17, 15) is 4.79 Å². The van der Waals surface area contributed by atoms with E-state index in [4.69, 9.17) is 9.47 Å². The predicted molar refractivity (Wildman–Crippen MR) is 62.9 cm³/mol. The molecule has 0 heterocycles. The summed E-state index contributed by atoms with van der Waals surface area (Å²) in [4.78, 5) is 11.6. The second kappa shape index (κ2) is 6.28. The molecule has 3 heteroatoms. The van der Waals surface area contributed by atoms with Crippen LogP contribution in [0.3, 0.4) is 0 Å². The number of carbonyl (C=O) groups excluding carboxylic acids is 1. The van der Waals surface area contributed by atoms with E-state index in [1.54, 1.807) is 7.11 Å². The summed E-state index contributed by atoms with van der Waals surface area (Å²) >= 11 is 0. The first-order valence-corrected chi connectivity index (χ1v) is 5.40. The minimum atomic E-state index is 0.0748. The van der Waals surface area contributed by atoms with E-state index in [-0.39, 0.29) is 12.4 Å². The lowest BCUT2D eigenvalue weighted by Gasteiger charge is -2.08. The van der Waals surface area contributed by atoms with Gasteiger partial charge in [-0.3, -0.25) is 4.79 Å². The van der Waals surface area contributed by atoms with Crippen LogP contribution in [-0.2, 0) is 16.0 Å². The maximum Gasteiger partial charge on any atom is 0.162 e. The average Bonchev–Trinajstić information content (AvgIpc) is 2.27. The molecule has 1 rings (SSSR count). The second-order valence-corrected chi connectivity index (χ2v) is 3.67. The normalized spacial score (nSPS) is 10.2. The molecule has 16 heavy (non-hydrogen) atoms. The van der Waals surface area contributed by atoms with Gasteiger partial charge in [0.1, 0.15) is 12.4 Å². The molecule has 1 aromatic carbocycles. The second-order valence-electron chi connectivity index (χ2n) is 3.67. The summed E-state index contributed by atoms with van der Waals surface area (Å²) in [5.41, 5.74) is 2.05. The molecule has 0 atom stereocenters. The number of hydrogen-bond donors (Lipinski definition) is 0. The third-order valence-electron chi connectivity index (χ3n) is 2.29. The van der Waals surface area contributed by atoms with Crippen molar-refractivity contribution in [3.8, 4) is 5.75 Å². The Balaban J connectivity index is 2.71. The molecule has 0 aliphatic heterocycles. The van der Waals surface area contributed by atoms with Gasteiger partial charge >= 0.3 is 0 Å². The summed E-state index contributed by atoms with van der Waals surface area (Å²) < 4.78 is 10.3. The fourth-order valence-electron chi connectivity index (χ4n) is 1.52. The number of benzene rings is 1. The SMILES string of the molecule is CCOCC(=O)Cc1cc(C)ccc1OC. The Labute approximate surface area is 96.4 Å². The summed E-state index contributed by atoms with van der Waals surface area (Å²) in [6, 6.07) is 5.83. The third-order valence-corrected chi connectivity index (χ3v) is 2.29. The number of carbonyl (C=O) groups is 1. The molecule has 0 unspecified atom stereocenters. The molecule has 0 saturated carbocycles. The van der Waals surface area contributed by atoms with E-state index < -0.39 is 0 Å². The molecule has 1 aromatic rings. The van der Waals surface area contributed by atoms with E-state index in [2.05, 4.69) is 0 Å². The first-order valence-electron chi connectivity index (χ1n) is 5.40. The molecule has 0 saturated heterocycles. The van der Waals surface area contributed by atoms with Crippen LogP contribution in [0.1, 0.15) is 18.1 Å². The highest BCUT2D eigenvalue weighted by molar-refractivity contribution is 5.82. The van der Waals surface area contributed by atoms with Crippen molar-refractivity contribution in [2.24, 2.45) is 0 Å². The van der Waals surface area contributed by atoms with Crippen LogP contribution >= 0.6 is 0 Å². The lowest BCUT2D eigenvalue weighted by molar-refractivity contribution is -0.122. The van der Waals surface area contributed by atoms with Gasteiger partial charge in [-0.05, 0) is 19.9 Å². The van der Waals surface area contributed by atoms with Gasteiger partial charge in [0.25, 0.3) is 0 Å². The van der Waals surface area contributed by atoms with Crippen LogP contribution in [0.25, 0.3) is 0 Å². The summed E-state index contributed by atoms with van der Waals surface area (Å²) in [6.45, 7) is 4.61. The van der Waals surface area contributed by atoms with Crippen LogP contribution in [0, 0.1) is 6.92 Å². The van der Waals surface area contributed by atoms with Crippen molar-refractivity contribution in [2.75, 3.05) is 20.3 Å². The first-order chi connectivity index (χ1) is 7.67. The maximum absolute atomic E-state index is 11.6. The van der Waals surface area contributed by atoms with Crippen LogP contribution in [0.4, 0.5) is 0 Å². The van der Waals surface area contributed by atoms with Crippen molar-refractivity contribution in [2.45, 2.75) is 20.3 Å². The fourth-order valence-corrected chi connectivity index (χ4v) is 1.52. The number of Topliss-reactive ketones (excluding diaryl/α,β-unsaturated/α-hetero) is 1. The lowest BCUT2D eigenvalue weighted by Crippen LogP contribution is -2.12. The van der Waals surface area contributed by atoms with Crippen molar-refractivity contribution in [3.05, 3.63) is 29.3 Å². The zero-order chi connectivity index (χ0) is 12.0. The highest BCUT2D eigenvalue weighted by Crippen LogP contribution is 2.20. The number of aryl methyl sites for hydroxylation is 1. The Morgan fingerprint density at radius 2 is 2.12 bits per heavy atom. The number of rotatable bonds is 6. The van der Waals surface area contributed by atoms with Crippen LogP contribution in [-0.4, -0.2) is 26.1 Å². The largest absolute Gasteiger partial charge is 0.496 e. The molecule has 0 aliphatic rings. The summed E-state index contributed by atoms with van der Waals surface area (Å²) in [7, 11) is 1.61. The highest BCUT2D eigenvalue weighted by atomic mass is 16.5. The summed E-state index contributed by atoms with van der Waals surface area (Å²) in [5.74, 6) is 0.834. The first kappa shape index (κ1) is 12.7. The molecule has 88 valence electrons. The maximum atomic E-state index is 11.6. The number of ketones is 1. The molecule has 0 aromatic heterocycles. The minimum Gasteiger partial charge on any atom is -0.496 e. The van der Waals surface area contributed by atoms with Gasteiger partial charge in [0.05, 0.1) is 7.11 Å². The van der Waals surface area contributed by atoms with Gasteiger partial charge in [-0.25, -0.2) is 0 Å². The molecule has 0 radical (unpaired) electrons. The Morgan fingerprint density at radius 3 is 2.75 bits per heavy atom. The molecule has 0 spiro atoms. The number of ether oxygens (including phenoxy) is 2. The van der Waals surface area contributed by atoms with E-state index in [1.165, 1.54) is 0 Å². The topological polar surface area (TPSA) is 35.5 Å². The Morgan fingerprint density at radius 1 is 1.38 bits per heavy atom. The Bertz CT molecular complexity index is 358. The van der Waals surface area contributed by atoms with Crippen LogP contribution in [0.2, 0.25) is 0 Å². The van der Waals surface area contributed by atoms with Crippen molar-refractivity contribution in [1.82, 2.24) is 0 Å². The van der Waals surface area contributed by atoms with Gasteiger partial charge in [-0.2, -0.15) is 0 Å². The summed E-state index contributed by atoms with van der Waals surface area (Å²) in [5, 5.41) is 0. The average molecular weight is 222 g/mol. The zero-order valence-electron chi connectivity index (χ0n) is 10.1. The Kier molecular flexibility index (Phi) is 4.99. The predicted octanol–water partition coefficient (Wildman–Crippen LogP) is 2.15. The lowest BCUT2D eigenvalue weighted by atomic mass is 10.1. The standard InChI is InChI=1S/C13H18O3/c1-4-16-9-12(14)8-11-7-10(2)5-6-13(11)15-3/h5-7H,4,8-9H2,1-3H3. The van der Waals surface area contributed by atoms with Crippen LogP contribution in [0.5, 0.6) is 5.75 Å². The molecule has 0 fully saturated rings. The summed E-state index contributed by atoms with van der Waals surface area (Å²) in [6.07, 6.45) is 0.366. The zero-order valence-corrected chi connectivity index (χ0v) is 10.1. The fraction of sp³-hybridized carbons (Fsp3) is 0.462. The molecule has 3 nitrogen and oxygen atoms in total. The molecular weight excluding hydrogens is 204 g/mol.